The summed E-state index contributed by atoms with van der Waals surface area (Å²) in [5, 5.41) is 9.59. The van der Waals surface area contributed by atoms with Gasteiger partial charge in [-0.1, -0.05) is 30.3 Å². The molecule has 214 valence electrons. The molecule has 0 spiro atoms. The quantitative estimate of drug-likeness (QED) is 0.509. The highest BCUT2D eigenvalue weighted by atomic mass is 32.2. The number of ether oxygens (including phenoxy) is 1. The molecule has 1 N–H and O–H groups in total. The summed E-state index contributed by atoms with van der Waals surface area (Å²) in [6.45, 7) is 6.42. The summed E-state index contributed by atoms with van der Waals surface area (Å²) >= 11 is 0. The van der Waals surface area contributed by atoms with Crippen molar-refractivity contribution in [3.63, 3.8) is 0 Å². The molecule has 0 bridgehead atoms. The second-order valence-corrected chi connectivity index (χ2v) is 14.7. The average molecular weight is 582 g/mol. The van der Waals surface area contributed by atoms with Crippen molar-refractivity contribution < 1.29 is 31.1 Å². The molecular weight excluding hydrogens is 545 g/mol. The van der Waals surface area contributed by atoms with Gasteiger partial charge in [0.15, 0.2) is 4.75 Å². The summed E-state index contributed by atoms with van der Waals surface area (Å²) in [4.78, 5) is 2.03. The van der Waals surface area contributed by atoms with Gasteiger partial charge in [-0.15, -0.1) is 4.40 Å². The van der Waals surface area contributed by atoms with E-state index in [-0.39, 0.29) is 25.3 Å². The van der Waals surface area contributed by atoms with Gasteiger partial charge in [-0.3, -0.25) is 0 Å². The maximum absolute atomic E-state index is 14.5. The average Bonchev–Trinajstić information content (AvgIpc) is 2.86. The molecule has 1 fully saturated rings. The molecule has 1 saturated heterocycles. The summed E-state index contributed by atoms with van der Waals surface area (Å²) in [6, 6.07) is 13.4. The second-order valence-electron chi connectivity index (χ2n) is 10.7. The van der Waals surface area contributed by atoms with E-state index in [0.29, 0.717) is 37.3 Å². The Labute approximate surface area is 230 Å². The summed E-state index contributed by atoms with van der Waals surface area (Å²) in [7, 11) is -7.43. The van der Waals surface area contributed by atoms with Crippen LogP contribution in [-0.2, 0) is 29.5 Å². The van der Waals surface area contributed by atoms with E-state index in [1.54, 1.807) is 57.2 Å². The van der Waals surface area contributed by atoms with Crippen molar-refractivity contribution in [3.8, 4) is 0 Å². The lowest BCUT2D eigenvalue weighted by Gasteiger charge is -2.45. The normalized spacial score (nSPS) is 24.1. The van der Waals surface area contributed by atoms with E-state index in [1.807, 2.05) is 11.0 Å². The van der Waals surface area contributed by atoms with E-state index in [2.05, 4.69) is 4.40 Å². The van der Waals surface area contributed by atoms with Crippen LogP contribution in [0.3, 0.4) is 0 Å². The van der Waals surface area contributed by atoms with Gasteiger partial charge in [0, 0.05) is 44.9 Å². The van der Waals surface area contributed by atoms with Gasteiger partial charge in [-0.2, -0.15) is 4.31 Å². The predicted octanol–water partition coefficient (Wildman–Crippen LogP) is 3.22. The number of piperazine rings is 1. The molecule has 9 nitrogen and oxygen atoms in total. The molecule has 0 aromatic heterocycles. The topological polar surface area (TPSA) is 117 Å². The number of benzene rings is 2. The van der Waals surface area contributed by atoms with Crippen LogP contribution in [0, 0.1) is 5.82 Å². The van der Waals surface area contributed by atoms with Crippen LogP contribution in [0.1, 0.15) is 50.7 Å². The number of aliphatic hydroxyl groups is 1. The molecule has 12 heteroatoms. The zero-order chi connectivity index (χ0) is 28.6. The first-order valence-electron chi connectivity index (χ1n) is 12.9. The summed E-state index contributed by atoms with van der Waals surface area (Å²) < 4.78 is 76.2. The Morgan fingerprint density at radius 1 is 1.08 bits per heavy atom. The van der Waals surface area contributed by atoms with Crippen LogP contribution >= 0.6 is 0 Å². The first kappa shape index (κ1) is 29.4. The van der Waals surface area contributed by atoms with Gasteiger partial charge in [0.1, 0.15) is 11.4 Å². The third-order valence-electron chi connectivity index (χ3n) is 7.97. The molecule has 0 radical (unpaired) electrons. The highest BCUT2D eigenvalue weighted by Gasteiger charge is 2.58. The highest BCUT2D eigenvalue weighted by molar-refractivity contribution is 7.91. The second kappa shape index (κ2) is 10.8. The lowest BCUT2D eigenvalue weighted by atomic mass is 9.84. The molecular formula is C27H36FN3O6S2. The standard InChI is InChI=1S/C27H36FN3O6S2/c1-26(2)27(3,21-8-7-9-22(19-21)30-13-15-31(16-14-30)38(4,33)34)39(35,36)29-25(37-26)18-20(12-17-32)23-10-5-6-11-24(23)28/h5-11,19-20,32H,12-18H2,1-4H3/t20-,27?/m1/s1. The number of hydrogen-bond donors (Lipinski definition) is 1. The van der Waals surface area contributed by atoms with E-state index in [9.17, 15) is 26.3 Å². The third-order valence-corrected chi connectivity index (χ3v) is 11.5. The number of aliphatic hydroxyl groups excluding tert-OH is 1. The molecule has 4 rings (SSSR count). The van der Waals surface area contributed by atoms with Crippen molar-refractivity contribution in [1.82, 2.24) is 4.31 Å². The van der Waals surface area contributed by atoms with Gasteiger partial charge >= 0.3 is 0 Å². The maximum Gasteiger partial charge on any atom is 0.269 e. The zero-order valence-corrected chi connectivity index (χ0v) is 24.3. The van der Waals surface area contributed by atoms with E-state index in [4.69, 9.17) is 4.74 Å². The zero-order valence-electron chi connectivity index (χ0n) is 22.7. The van der Waals surface area contributed by atoms with Crippen molar-refractivity contribution in [2.45, 2.75) is 49.9 Å². The largest absolute Gasteiger partial charge is 0.472 e. The molecule has 2 aliphatic rings. The minimum Gasteiger partial charge on any atom is -0.472 e. The molecule has 39 heavy (non-hydrogen) atoms. The highest BCUT2D eigenvalue weighted by Crippen LogP contribution is 2.47. The van der Waals surface area contributed by atoms with Crippen LogP contribution in [0.5, 0.6) is 0 Å². The van der Waals surface area contributed by atoms with Crippen LogP contribution in [0.25, 0.3) is 0 Å². The van der Waals surface area contributed by atoms with Crippen LogP contribution in [0.4, 0.5) is 10.1 Å². The number of halogens is 1. The number of sulfonamides is 2. The molecule has 0 saturated carbocycles. The van der Waals surface area contributed by atoms with E-state index < -0.39 is 42.1 Å². The Kier molecular flexibility index (Phi) is 8.15. The molecule has 2 heterocycles. The number of anilines is 1. The Bertz CT molecular complexity index is 1450. The molecule has 2 aliphatic heterocycles. The lowest BCUT2D eigenvalue weighted by Crippen LogP contribution is -2.56. The summed E-state index contributed by atoms with van der Waals surface area (Å²) in [5.41, 5.74) is 0.407. The number of hydrogen-bond acceptors (Lipinski definition) is 7. The van der Waals surface area contributed by atoms with Gasteiger partial charge in [-0.05, 0) is 62.4 Å². The Balaban J connectivity index is 1.64. The third kappa shape index (κ3) is 5.70. The van der Waals surface area contributed by atoms with Crippen molar-refractivity contribution in [2.24, 2.45) is 4.40 Å². The van der Waals surface area contributed by atoms with E-state index in [0.717, 1.165) is 5.69 Å². The molecule has 0 aliphatic carbocycles. The Morgan fingerprint density at radius 2 is 1.74 bits per heavy atom. The first-order valence-corrected chi connectivity index (χ1v) is 16.2. The minimum absolute atomic E-state index is 0.0187. The van der Waals surface area contributed by atoms with Gasteiger partial charge in [0.25, 0.3) is 10.0 Å². The molecule has 1 unspecified atom stereocenters. The van der Waals surface area contributed by atoms with Crippen molar-refractivity contribution in [3.05, 3.63) is 65.5 Å². The fourth-order valence-corrected chi connectivity index (χ4v) is 7.82. The van der Waals surface area contributed by atoms with Gasteiger partial charge in [0.05, 0.1) is 6.26 Å². The molecule has 0 amide bonds. The fourth-order valence-electron chi connectivity index (χ4n) is 5.34. The summed E-state index contributed by atoms with van der Waals surface area (Å²) in [5.74, 6) is -0.972. The molecule has 2 aromatic carbocycles. The van der Waals surface area contributed by atoms with Crippen molar-refractivity contribution in [2.75, 3.05) is 43.9 Å². The van der Waals surface area contributed by atoms with Crippen LogP contribution in [-0.4, -0.2) is 76.8 Å². The number of rotatable bonds is 8. The smallest absolute Gasteiger partial charge is 0.269 e. The number of nitrogens with zero attached hydrogens (tertiary/aromatic N) is 3. The molecule has 2 atom stereocenters. The van der Waals surface area contributed by atoms with Gasteiger partial charge in [0.2, 0.25) is 15.9 Å². The fraction of sp³-hybridized carbons (Fsp3) is 0.519. The molecule has 2 aromatic rings. The van der Waals surface area contributed by atoms with Crippen molar-refractivity contribution >= 4 is 31.6 Å². The SMILES string of the molecule is CC1(C)OC(C[C@@H](CCO)c2ccccc2F)=NS(=O)(=O)C1(C)c1cccc(N2CCN(S(C)(=O)=O)CC2)c1. The van der Waals surface area contributed by atoms with Gasteiger partial charge in [-0.25, -0.2) is 21.2 Å². The van der Waals surface area contributed by atoms with Crippen LogP contribution in [0.15, 0.2) is 52.9 Å². The maximum atomic E-state index is 14.5. The van der Waals surface area contributed by atoms with Crippen molar-refractivity contribution in [1.29, 1.82) is 0 Å². The van der Waals surface area contributed by atoms with Crippen LogP contribution in [0.2, 0.25) is 0 Å². The first-order chi connectivity index (χ1) is 18.2. The summed E-state index contributed by atoms with van der Waals surface area (Å²) in [6.07, 6.45) is 1.43. The van der Waals surface area contributed by atoms with E-state index in [1.165, 1.54) is 16.6 Å². The van der Waals surface area contributed by atoms with E-state index >= 15 is 0 Å². The monoisotopic (exact) mass is 581 g/mol. The predicted molar refractivity (Wildman–Crippen MR) is 149 cm³/mol. The van der Waals surface area contributed by atoms with Crippen LogP contribution < -0.4 is 4.90 Å². The lowest BCUT2D eigenvalue weighted by molar-refractivity contribution is 0.0424. The van der Waals surface area contributed by atoms with Gasteiger partial charge < -0.3 is 14.7 Å². The Morgan fingerprint density at radius 3 is 2.33 bits per heavy atom. The minimum atomic E-state index is -4.16. The Hall–Kier alpha value is -2.54.